The molecule has 1 aliphatic heterocycles. The molecule has 1 fully saturated rings. The highest BCUT2D eigenvalue weighted by Crippen LogP contribution is 2.46. The van der Waals surface area contributed by atoms with Crippen LogP contribution in [0.2, 0.25) is 0 Å². The molecule has 0 unspecified atom stereocenters. The molecule has 23 heavy (non-hydrogen) atoms. The highest BCUT2D eigenvalue weighted by molar-refractivity contribution is 5.79. The van der Waals surface area contributed by atoms with Crippen molar-refractivity contribution < 1.29 is 9.53 Å². The summed E-state index contributed by atoms with van der Waals surface area (Å²) >= 11 is 0. The monoisotopic (exact) mass is 311 g/mol. The van der Waals surface area contributed by atoms with Gasteiger partial charge in [-0.2, -0.15) is 5.10 Å². The van der Waals surface area contributed by atoms with Gasteiger partial charge in [0, 0.05) is 30.9 Å². The van der Waals surface area contributed by atoms with Gasteiger partial charge in [0.05, 0.1) is 5.92 Å². The van der Waals surface area contributed by atoms with Gasteiger partial charge in [0.1, 0.15) is 12.4 Å². The molecule has 2 aromatic rings. The first kappa shape index (κ1) is 14.3. The van der Waals surface area contributed by atoms with Crippen molar-refractivity contribution in [1.82, 2.24) is 15.1 Å². The second-order valence-electron chi connectivity index (χ2n) is 6.74. The molecule has 2 aliphatic rings. The van der Waals surface area contributed by atoms with Crippen LogP contribution in [0.3, 0.4) is 0 Å². The van der Waals surface area contributed by atoms with E-state index >= 15 is 0 Å². The maximum atomic E-state index is 12.5. The standard InChI is InChI=1S/C18H21N3O2/c22-17(15-10-14-4-1-2-5-16(14)23-11-15)19-12-18(6-7-18)13-21-9-3-8-20-21/h1-5,8-9,15H,6-7,10-13H2,(H,19,22)/t15-/m1/s1. The summed E-state index contributed by atoms with van der Waals surface area (Å²) in [5, 5.41) is 7.41. The topological polar surface area (TPSA) is 56.2 Å². The van der Waals surface area contributed by atoms with Crippen LogP contribution in [-0.4, -0.2) is 28.8 Å². The number of hydrogen-bond acceptors (Lipinski definition) is 3. The van der Waals surface area contributed by atoms with Crippen LogP contribution in [0.1, 0.15) is 18.4 Å². The maximum absolute atomic E-state index is 12.5. The van der Waals surface area contributed by atoms with E-state index in [0.29, 0.717) is 6.61 Å². The molecule has 0 spiro atoms. The minimum absolute atomic E-state index is 0.0922. The molecule has 1 amide bonds. The van der Waals surface area contributed by atoms with E-state index in [4.69, 9.17) is 4.74 Å². The van der Waals surface area contributed by atoms with E-state index in [-0.39, 0.29) is 17.2 Å². The number of carbonyl (C=O) groups excluding carboxylic acids is 1. The number of rotatable bonds is 5. The predicted molar refractivity (Wildman–Crippen MR) is 86.0 cm³/mol. The number of benzene rings is 1. The zero-order valence-electron chi connectivity index (χ0n) is 13.1. The van der Waals surface area contributed by atoms with Gasteiger partial charge in [0.2, 0.25) is 5.91 Å². The van der Waals surface area contributed by atoms with Gasteiger partial charge in [-0.3, -0.25) is 9.48 Å². The Bertz CT molecular complexity index is 692. The van der Waals surface area contributed by atoms with Gasteiger partial charge < -0.3 is 10.1 Å². The van der Waals surface area contributed by atoms with Crippen molar-refractivity contribution in [3.05, 3.63) is 48.3 Å². The molecule has 4 rings (SSSR count). The quantitative estimate of drug-likeness (QED) is 0.919. The Balaban J connectivity index is 1.33. The fraction of sp³-hybridized carbons (Fsp3) is 0.444. The van der Waals surface area contributed by atoms with Crippen LogP contribution in [-0.2, 0) is 17.8 Å². The molecule has 0 bridgehead atoms. The van der Waals surface area contributed by atoms with E-state index in [0.717, 1.165) is 43.7 Å². The Labute approximate surface area is 135 Å². The first-order valence-corrected chi connectivity index (χ1v) is 8.20. The number of ether oxygens (including phenoxy) is 1. The average molecular weight is 311 g/mol. The molecule has 5 heteroatoms. The van der Waals surface area contributed by atoms with E-state index < -0.39 is 0 Å². The molecule has 1 N–H and O–H groups in total. The molecule has 1 aromatic carbocycles. The summed E-state index contributed by atoms with van der Waals surface area (Å²) in [7, 11) is 0. The predicted octanol–water partition coefficient (Wildman–Crippen LogP) is 2.03. The number of para-hydroxylation sites is 1. The van der Waals surface area contributed by atoms with Gasteiger partial charge in [-0.25, -0.2) is 0 Å². The number of hydrogen-bond donors (Lipinski definition) is 1. The lowest BCUT2D eigenvalue weighted by molar-refractivity contribution is -0.126. The third-order valence-corrected chi connectivity index (χ3v) is 4.90. The zero-order valence-corrected chi connectivity index (χ0v) is 13.1. The highest BCUT2D eigenvalue weighted by atomic mass is 16.5. The molecule has 1 atom stereocenters. The van der Waals surface area contributed by atoms with Crippen molar-refractivity contribution in [3.8, 4) is 5.75 Å². The third-order valence-electron chi connectivity index (χ3n) is 4.90. The minimum atomic E-state index is -0.0922. The number of amides is 1. The number of nitrogens with one attached hydrogen (secondary N) is 1. The molecule has 5 nitrogen and oxygen atoms in total. The molecule has 120 valence electrons. The van der Waals surface area contributed by atoms with Gasteiger partial charge in [0.15, 0.2) is 0 Å². The van der Waals surface area contributed by atoms with Crippen LogP contribution < -0.4 is 10.1 Å². The molecule has 0 saturated heterocycles. The van der Waals surface area contributed by atoms with Crippen molar-refractivity contribution in [3.63, 3.8) is 0 Å². The lowest BCUT2D eigenvalue weighted by Crippen LogP contribution is -2.40. The van der Waals surface area contributed by atoms with E-state index in [2.05, 4.69) is 10.4 Å². The fourth-order valence-electron chi connectivity index (χ4n) is 3.22. The smallest absolute Gasteiger partial charge is 0.226 e. The van der Waals surface area contributed by atoms with Crippen molar-refractivity contribution in [2.24, 2.45) is 11.3 Å². The lowest BCUT2D eigenvalue weighted by Gasteiger charge is -2.25. The molecule has 1 aliphatic carbocycles. The van der Waals surface area contributed by atoms with Gasteiger partial charge in [-0.1, -0.05) is 18.2 Å². The van der Waals surface area contributed by atoms with E-state index in [1.165, 1.54) is 0 Å². The minimum Gasteiger partial charge on any atom is -0.492 e. The first-order valence-electron chi connectivity index (χ1n) is 8.20. The molecule has 1 saturated carbocycles. The van der Waals surface area contributed by atoms with E-state index in [1.807, 2.05) is 41.2 Å². The van der Waals surface area contributed by atoms with Crippen LogP contribution >= 0.6 is 0 Å². The second-order valence-corrected chi connectivity index (χ2v) is 6.74. The van der Waals surface area contributed by atoms with E-state index in [1.54, 1.807) is 6.20 Å². The Kier molecular flexibility index (Phi) is 3.56. The number of carbonyl (C=O) groups is 1. The molecule has 2 heterocycles. The van der Waals surface area contributed by atoms with Crippen LogP contribution in [0.4, 0.5) is 0 Å². The summed E-state index contributed by atoms with van der Waals surface area (Å²) in [6, 6.07) is 9.89. The average Bonchev–Trinajstić information content (AvgIpc) is 3.15. The highest BCUT2D eigenvalue weighted by Gasteiger charge is 2.43. The summed E-state index contributed by atoms with van der Waals surface area (Å²) < 4.78 is 7.67. The summed E-state index contributed by atoms with van der Waals surface area (Å²) in [6.45, 7) is 2.07. The van der Waals surface area contributed by atoms with E-state index in [9.17, 15) is 4.79 Å². The van der Waals surface area contributed by atoms with Gasteiger partial charge >= 0.3 is 0 Å². The molecular formula is C18H21N3O2. The zero-order chi connectivity index (χ0) is 15.7. The maximum Gasteiger partial charge on any atom is 0.226 e. The Morgan fingerprint density at radius 1 is 1.35 bits per heavy atom. The Morgan fingerprint density at radius 2 is 2.22 bits per heavy atom. The Morgan fingerprint density at radius 3 is 3.00 bits per heavy atom. The fourth-order valence-corrected chi connectivity index (χ4v) is 3.22. The van der Waals surface area contributed by atoms with Crippen molar-refractivity contribution >= 4 is 5.91 Å². The number of nitrogens with zero attached hydrogens (tertiary/aromatic N) is 2. The summed E-state index contributed by atoms with van der Waals surface area (Å²) in [5.74, 6) is 0.922. The normalized spacial score (nSPS) is 21.1. The van der Waals surface area contributed by atoms with Crippen LogP contribution in [0.15, 0.2) is 42.7 Å². The van der Waals surface area contributed by atoms with Gasteiger partial charge in [0.25, 0.3) is 0 Å². The van der Waals surface area contributed by atoms with Crippen LogP contribution in [0, 0.1) is 11.3 Å². The van der Waals surface area contributed by atoms with Crippen molar-refractivity contribution in [2.75, 3.05) is 13.2 Å². The lowest BCUT2D eigenvalue weighted by atomic mass is 9.95. The molecular weight excluding hydrogens is 290 g/mol. The Hall–Kier alpha value is -2.30. The third kappa shape index (κ3) is 3.09. The van der Waals surface area contributed by atoms with Gasteiger partial charge in [-0.15, -0.1) is 0 Å². The SMILES string of the molecule is O=C(NCC1(Cn2cccn2)CC1)[C@H]1COc2ccccc2C1. The number of fused-ring (bicyclic) bond motifs is 1. The molecule has 0 radical (unpaired) electrons. The summed E-state index contributed by atoms with van der Waals surface area (Å²) in [4.78, 5) is 12.5. The van der Waals surface area contributed by atoms with Crippen LogP contribution in [0.5, 0.6) is 5.75 Å². The summed E-state index contributed by atoms with van der Waals surface area (Å²) in [6.07, 6.45) is 6.84. The van der Waals surface area contributed by atoms with Crippen LogP contribution in [0.25, 0.3) is 0 Å². The second kappa shape index (κ2) is 5.72. The molecule has 1 aromatic heterocycles. The van der Waals surface area contributed by atoms with Crippen molar-refractivity contribution in [2.45, 2.75) is 25.8 Å². The first-order chi connectivity index (χ1) is 11.2. The number of aromatic nitrogens is 2. The van der Waals surface area contributed by atoms with Crippen molar-refractivity contribution in [1.29, 1.82) is 0 Å². The van der Waals surface area contributed by atoms with Gasteiger partial charge in [-0.05, 0) is 37.0 Å². The largest absolute Gasteiger partial charge is 0.492 e. The summed E-state index contributed by atoms with van der Waals surface area (Å²) in [5.41, 5.74) is 1.31.